The topological polar surface area (TPSA) is 58.6 Å². The van der Waals surface area contributed by atoms with Crippen molar-refractivity contribution in [2.24, 2.45) is 0 Å². The number of fused-ring (bicyclic) bond motifs is 1. The van der Waals surface area contributed by atoms with E-state index < -0.39 is 0 Å². The van der Waals surface area contributed by atoms with Crippen LogP contribution in [-0.4, -0.2) is 20.7 Å². The highest BCUT2D eigenvalue weighted by Crippen LogP contribution is 2.30. The van der Waals surface area contributed by atoms with Crippen molar-refractivity contribution in [1.82, 2.24) is 15.0 Å². The van der Waals surface area contributed by atoms with Crippen molar-refractivity contribution in [2.75, 3.05) is 0 Å². The maximum absolute atomic E-state index is 12.9. The van der Waals surface area contributed by atoms with Gasteiger partial charge in [0, 0.05) is 46.3 Å². The average Bonchev–Trinajstić information content (AvgIpc) is 3.06. The Kier molecular flexibility index (Phi) is 3.59. The highest BCUT2D eigenvalue weighted by molar-refractivity contribution is 6.30. The van der Waals surface area contributed by atoms with Crippen LogP contribution >= 0.6 is 11.6 Å². The summed E-state index contributed by atoms with van der Waals surface area (Å²) in [6.07, 6.45) is 6.92. The normalized spacial score (nSPS) is 10.9. The number of hydrogen-bond donors (Lipinski definition) is 1. The molecule has 4 rings (SSSR count). The Bertz CT molecular complexity index is 1020. The van der Waals surface area contributed by atoms with Gasteiger partial charge in [0.25, 0.3) is 0 Å². The zero-order valence-corrected chi connectivity index (χ0v) is 13.3. The molecule has 0 aliphatic rings. The second-order valence-corrected chi connectivity index (χ2v) is 5.80. The van der Waals surface area contributed by atoms with Crippen LogP contribution in [0, 0.1) is 0 Å². The number of H-pyrrole nitrogens is 1. The minimum Gasteiger partial charge on any atom is -0.345 e. The van der Waals surface area contributed by atoms with Crippen molar-refractivity contribution in [3.63, 3.8) is 0 Å². The first-order valence-electron chi connectivity index (χ1n) is 7.41. The molecule has 4 aromatic rings. The predicted molar refractivity (Wildman–Crippen MR) is 94.2 cm³/mol. The second kappa shape index (κ2) is 5.91. The third kappa shape index (κ3) is 2.47. The molecule has 0 saturated heterocycles. The molecule has 0 bridgehead atoms. The third-order valence-corrected chi connectivity index (χ3v) is 4.15. The monoisotopic (exact) mass is 333 g/mol. The Labute approximate surface area is 143 Å². The van der Waals surface area contributed by atoms with Crippen molar-refractivity contribution < 1.29 is 4.79 Å². The molecule has 1 aromatic carbocycles. The van der Waals surface area contributed by atoms with Crippen molar-refractivity contribution in [1.29, 1.82) is 0 Å². The van der Waals surface area contributed by atoms with Crippen LogP contribution in [0.4, 0.5) is 0 Å². The van der Waals surface area contributed by atoms with E-state index >= 15 is 0 Å². The molecule has 0 aliphatic carbocycles. The number of halogens is 1. The summed E-state index contributed by atoms with van der Waals surface area (Å²) in [6, 6.07) is 12.6. The number of carbonyl (C=O) groups excluding carboxylic acids is 1. The Morgan fingerprint density at radius 3 is 2.62 bits per heavy atom. The van der Waals surface area contributed by atoms with Crippen molar-refractivity contribution in [2.45, 2.75) is 0 Å². The lowest BCUT2D eigenvalue weighted by molar-refractivity contribution is 0.104. The van der Waals surface area contributed by atoms with Gasteiger partial charge in [0.15, 0.2) is 5.78 Å². The van der Waals surface area contributed by atoms with E-state index in [1.807, 2.05) is 18.2 Å². The minimum absolute atomic E-state index is 0.0731. The minimum atomic E-state index is -0.0731. The van der Waals surface area contributed by atoms with Gasteiger partial charge in [-0.05, 0) is 42.0 Å². The average molecular weight is 334 g/mol. The van der Waals surface area contributed by atoms with E-state index in [-0.39, 0.29) is 5.78 Å². The smallest absolute Gasteiger partial charge is 0.195 e. The molecule has 5 heteroatoms. The second-order valence-electron chi connectivity index (χ2n) is 5.36. The van der Waals surface area contributed by atoms with E-state index in [1.54, 1.807) is 49.1 Å². The first kappa shape index (κ1) is 14.6. The largest absolute Gasteiger partial charge is 0.345 e. The van der Waals surface area contributed by atoms with Crippen LogP contribution in [-0.2, 0) is 0 Å². The van der Waals surface area contributed by atoms with Crippen molar-refractivity contribution in [3.8, 4) is 11.1 Å². The summed E-state index contributed by atoms with van der Waals surface area (Å²) in [5.41, 5.74) is 3.70. The summed E-state index contributed by atoms with van der Waals surface area (Å²) in [6.45, 7) is 0. The van der Waals surface area contributed by atoms with Gasteiger partial charge in [-0.25, -0.2) is 4.98 Å². The first-order chi connectivity index (χ1) is 11.7. The molecule has 0 unspecified atom stereocenters. The number of carbonyl (C=O) groups is 1. The van der Waals surface area contributed by atoms with Crippen LogP contribution in [0.2, 0.25) is 5.02 Å². The van der Waals surface area contributed by atoms with E-state index in [2.05, 4.69) is 15.0 Å². The van der Waals surface area contributed by atoms with Gasteiger partial charge in [-0.2, -0.15) is 0 Å². The Morgan fingerprint density at radius 2 is 1.88 bits per heavy atom. The van der Waals surface area contributed by atoms with E-state index in [9.17, 15) is 4.79 Å². The van der Waals surface area contributed by atoms with E-state index in [1.165, 1.54) is 0 Å². The lowest BCUT2D eigenvalue weighted by Gasteiger charge is -2.05. The lowest BCUT2D eigenvalue weighted by Crippen LogP contribution is -2.00. The number of aromatic amines is 1. The molecule has 3 heterocycles. The van der Waals surface area contributed by atoms with Gasteiger partial charge in [0.1, 0.15) is 5.65 Å². The molecule has 24 heavy (non-hydrogen) atoms. The highest BCUT2D eigenvalue weighted by Gasteiger charge is 2.18. The Hall–Kier alpha value is -2.98. The molecule has 0 spiro atoms. The van der Waals surface area contributed by atoms with Crippen LogP contribution in [0.15, 0.2) is 67.3 Å². The number of hydrogen-bond acceptors (Lipinski definition) is 3. The predicted octanol–water partition coefficient (Wildman–Crippen LogP) is 4.51. The van der Waals surface area contributed by atoms with Crippen LogP contribution in [0.25, 0.3) is 22.2 Å². The van der Waals surface area contributed by atoms with Crippen LogP contribution in [0.3, 0.4) is 0 Å². The van der Waals surface area contributed by atoms with Crippen LogP contribution in [0.1, 0.15) is 15.9 Å². The molecule has 1 N–H and O–H groups in total. The number of nitrogens with one attached hydrogen (secondary N) is 1. The number of aromatic nitrogens is 3. The lowest BCUT2D eigenvalue weighted by atomic mass is 9.98. The van der Waals surface area contributed by atoms with Crippen molar-refractivity contribution >= 4 is 28.4 Å². The summed E-state index contributed by atoms with van der Waals surface area (Å²) in [5.74, 6) is -0.0731. The molecular formula is C19H12ClN3O. The highest BCUT2D eigenvalue weighted by atomic mass is 35.5. The standard InChI is InChI=1S/C19H12ClN3O/c20-14-5-3-12(4-6-14)18(24)16-11-23-19-17(16)15(7-9-22-19)13-2-1-8-21-10-13/h1-11H,(H,22,23). The van der Waals surface area contributed by atoms with Gasteiger partial charge in [-0.3, -0.25) is 9.78 Å². The molecule has 0 saturated carbocycles. The zero-order chi connectivity index (χ0) is 16.5. The number of benzene rings is 1. The van der Waals surface area contributed by atoms with Gasteiger partial charge in [0.05, 0.1) is 5.56 Å². The number of ketones is 1. The Morgan fingerprint density at radius 1 is 1.04 bits per heavy atom. The molecule has 0 aliphatic heterocycles. The van der Waals surface area contributed by atoms with Gasteiger partial charge in [-0.1, -0.05) is 17.7 Å². The molecule has 0 fully saturated rings. The van der Waals surface area contributed by atoms with Crippen molar-refractivity contribution in [3.05, 3.63) is 83.4 Å². The summed E-state index contributed by atoms with van der Waals surface area (Å²) in [4.78, 5) is 24.5. The number of nitrogens with zero attached hydrogens (tertiary/aromatic N) is 2. The van der Waals surface area contributed by atoms with E-state index in [0.29, 0.717) is 21.8 Å². The van der Waals surface area contributed by atoms with Crippen LogP contribution < -0.4 is 0 Å². The fraction of sp³-hybridized carbons (Fsp3) is 0. The molecule has 0 atom stereocenters. The molecule has 116 valence electrons. The van der Waals surface area contributed by atoms with E-state index in [0.717, 1.165) is 16.5 Å². The van der Waals surface area contributed by atoms with Gasteiger partial charge in [0.2, 0.25) is 0 Å². The number of rotatable bonds is 3. The van der Waals surface area contributed by atoms with Crippen LogP contribution in [0.5, 0.6) is 0 Å². The summed E-state index contributed by atoms with van der Waals surface area (Å²) in [5, 5.41) is 1.40. The van der Waals surface area contributed by atoms with E-state index in [4.69, 9.17) is 11.6 Å². The summed E-state index contributed by atoms with van der Waals surface area (Å²) in [7, 11) is 0. The molecule has 0 radical (unpaired) electrons. The number of pyridine rings is 2. The maximum Gasteiger partial charge on any atom is 0.195 e. The van der Waals surface area contributed by atoms with Gasteiger partial charge < -0.3 is 4.98 Å². The van der Waals surface area contributed by atoms with Gasteiger partial charge in [-0.15, -0.1) is 0 Å². The fourth-order valence-corrected chi connectivity index (χ4v) is 2.88. The third-order valence-electron chi connectivity index (χ3n) is 3.90. The Balaban J connectivity index is 1.91. The fourth-order valence-electron chi connectivity index (χ4n) is 2.76. The summed E-state index contributed by atoms with van der Waals surface area (Å²) < 4.78 is 0. The zero-order valence-electron chi connectivity index (χ0n) is 12.5. The first-order valence-corrected chi connectivity index (χ1v) is 7.78. The molecular weight excluding hydrogens is 322 g/mol. The molecule has 0 amide bonds. The summed E-state index contributed by atoms with van der Waals surface area (Å²) >= 11 is 5.91. The quantitative estimate of drug-likeness (QED) is 0.561. The molecule has 4 nitrogen and oxygen atoms in total. The maximum atomic E-state index is 12.9. The SMILES string of the molecule is O=C(c1ccc(Cl)cc1)c1c[nH]c2nccc(-c3cccnc3)c12. The molecule has 3 aromatic heterocycles. The van der Waals surface area contributed by atoms with Gasteiger partial charge >= 0.3 is 0 Å².